The fourth-order valence-corrected chi connectivity index (χ4v) is 2.65. The van der Waals surface area contributed by atoms with Crippen LogP contribution in [0.25, 0.3) is 0 Å². The summed E-state index contributed by atoms with van der Waals surface area (Å²) < 4.78 is 0.870. The number of para-hydroxylation sites is 2. The maximum Gasteiger partial charge on any atom is 0.125 e. The van der Waals surface area contributed by atoms with Crippen LogP contribution < -0.4 is 5.73 Å². The Bertz CT molecular complexity index is 860. The van der Waals surface area contributed by atoms with E-state index in [1.807, 2.05) is 60.7 Å². The highest BCUT2D eigenvalue weighted by Gasteiger charge is 2.13. The largest absolute Gasteiger partial charge is 0.507 e. The Kier molecular flexibility index (Phi) is 4.44. The molecule has 0 aliphatic carbocycles. The topological polar surface area (TPSA) is 58.6 Å². The lowest BCUT2D eigenvalue weighted by Crippen LogP contribution is -2.04. The van der Waals surface area contributed by atoms with Gasteiger partial charge in [-0.1, -0.05) is 58.4 Å². The Labute approximate surface area is 143 Å². The lowest BCUT2D eigenvalue weighted by molar-refractivity contribution is 0.474. The smallest absolute Gasteiger partial charge is 0.125 e. The van der Waals surface area contributed by atoms with Gasteiger partial charge in [-0.3, -0.25) is 0 Å². The number of nitrogens with two attached hydrogens (primary N) is 1. The molecule has 0 amide bonds. The lowest BCUT2D eigenvalue weighted by Gasteiger charge is -2.11. The second kappa shape index (κ2) is 6.67. The molecule has 3 aromatic rings. The number of hydrogen-bond donors (Lipinski definition) is 2. The van der Waals surface area contributed by atoms with E-state index >= 15 is 0 Å². The number of hydrogen-bond acceptors (Lipinski definition) is 3. The molecule has 0 aliphatic rings. The predicted octanol–water partition coefficient (Wildman–Crippen LogP) is 4.91. The summed E-state index contributed by atoms with van der Waals surface area (Å²) in [6.45, 7) is 0. The van der Waals surface area contributed by atoms with Crippen molar-refractivity contribution in [1.29, 1.82) is 0 Å². The minimum absolute atomic E-state index is 0.172. The molecule has 3 rings (SSSR count). The molecule has 0 heterocycles. The highest BCUT2D eigenvalue weighted by Crippen LogP contribution is 2.29. The molecule has 0 fully saturated rings. The van der Waals surface area contributed by atoms with E-state index in [0.717, 1.165) is 10.0 Å². The molecule has 4 heteroatoms. The van der Waals surface area contributed by atoms with Crippen molar-refractivity contribution >= 4 is 33.0 Å². The molecule has 3 N–H and O–H groups in total. The third kappa shape index (κ3) is 3.43. The van der Waals surface area contributed by atoms with E-state index in [0.29, 0.717) is 22.6 Å². The first-order valence-electron chi connectivity index (χ1n) is 7.12. The summed E-state index contributed by atoms with van der Waals surface area (Å²) in [5.41, 5.74) is 9.50. The van der Waals surface area contributed by atoms with Crippen molar-refractivity contribution in [3.8, 4) is 5.75 Å². The van der Waals surface area contributed by atoms with Gasteiger partial charge in [-0.2, -0.15) is 0 Å². The lowest BCUT2D eigenvalue weighted by atomic mass is 10.0. The van der Waals surface area contributed by atoms with E-state index in [2.05, 4.69) is 15.9 Å². The van der Waals surface area contributed by atoms with Crippen LogP contribution in [0.2, 0.25) is 0 Å². The normalized spacial score (nSPS) is 11.4. The number of phenolic OH excluding ortho intramolecular Hbond substituents is 1. The first-order chi connectivity index (χ1) is 11.1. The van der Waals surface area contributed by atoms with Crippen LogP contribution in [0.5, 0.6) is 5.75 Å². The zero-order valence-corrected chi connectivity index (χ0v) is 13.9. The average molecular weight is 367 g/mol. The summed E-state index contributed by atoms with van der Waals surface area (Å²) in [5, 5.41) is 10.3. The zero-order chi connectivity index (χ0) is 16.2. The van der Waals surface area contributed by atoms with Crippen molar-refractivity contribution in [2.75, 3.05) is 5.73 Å². The number of aliphatic imine (C=N–C) groups is 1. The molecule has 0 aliphatic heterocycles. The maximum absolute atomic E-state index is 10.3. The van der Waals surface area contributed by atoms with Gasteiger partial charge in [-0.05, 0) is 30.3 Å². The first kappa shape index (κ1) is 15.3. The number of nitrogens with zero attached hydrogens (tertiary/aromatic N) is 1. The molecule has 0 aromatic heterocycles. The van der Waals surface area contributed by atoms with E-state index in [4.69, 9.17) is 10.7 Å². The number of benzene rings is 3. The van der Waals surface area contributed by atoms with Gasteiger partial charge in [0.1, 0.15) is 5.75 Å². The van der Waals surface area contributed by atoms with Crippen molar-refractivity contribution in [1.82, 2.24) is 0 Å². The third-order valence-corrected chi connectivity index (χ3v) is 3.92. The quantitative estimate of drug-likeness (QED) is 0.511. The summed E-state index contributed by atoms with van der Waals surface area (Å²) in [5.74, 6) is 0.172. The molecule has 0 saturated carbocycles. The fourth-order valence-electron chi connectivity index (χ4n) is 2.28. The van der Waals surface area contributed by atoms with E-state index in [1.54, 1.807) is 12.1 Å². The molecule has 3 aromatic carbocycles. The molecule has 0 bridgehead atoms. The van der Waals surface area contributed by atoms with Crippen LogP contribution in [0.3, 0.4) is 0 Å². The van der Waals surface area contributed by atoms with Crippen molar-refractivity contribution in [3.05, 3.63) is 88.4 Å². The van der Waals surface area contributed by atoms with Crippen LogP contribution in [-0.2, 0) is 0 Å². The van der Waals surface area contributed by atoms with Gasteiger partial charge in [0.05, 0.1) is 17.1 Å². The zero-order valence-electron chi connectivity index (χ0n) is 12.3. The Morgan fingerprint density at radius 1 is 0.913 bits per heavy atom. The van der Waals surface area contributed by atoms with Gasteiger partial charge >= 0.3 is 0 Å². The van der Waals surface area contributed by atoms with Gasteiger partial charge in [0.25, 0.3) is 0 Å². The molecule has 0 atom stereocenters. The summed E-state index contributed by atoms with van der Waals surface area (Å²) >= 11 is 3.45. The molecule has 0 saturated heterocycles. The molecular weight excluding hydrogens is 352 g/mol. The molecule has 114 valence electrons. The summed E-state index contributed by atoms with van der Waals surface area (Å²) in [6.07, 6.45) is 0. The maximum atomic E-state index is 10.3. The van der Waals surface area contributed by atoms with E-state index in [-0.39, 0.29) is 5.75 Å². The third-order valence-electron chi connectivity index (χ3n) is 3.43. The van der Waals surface area contributed by atoms with Gasteiger partial charge in [-0.15, -0.1) is 0 Å². The van der Waals surface area contributed by atoms with Crippen LogP contribution >= 0.6 is 15.9 Å². The Morgan fingerprint density at radius 3 is 2.35 bits per heavy atom. The van der Waals surface area contributed by atoms with Crippen LogP contribution in [0.4, 0.5) is 11.4 Å². The average Bonchev–Trinajstić information content (AvgIpc) is 2.57. The van der Waals surface area contributed by atoms with Gasteiger partial charge in [-0.25, -0.2) is 4.99 Å². The van der Waals surface area contributed by atoms with E-state index < -0.39 is 0 Å². The number of aromatic hydroxyl groups is 1. The predicted molar refractivity (Wildman–Crippen MR) is 98.4 cm³/mol. The standard InChI is InChI=1S/C19H15BrN2O/c20-14-10-11-18(23)15(12-14)19(13-6-2-1-3-7-13)22-17-9-5-4-8-16(17)21/h1-12,23H,21H2. The van der Waals surface area contributed by atoms with E-state index in [9.17, 15) is 5.11 Å². The number of rotatable bonds is 3. The number of phenols is 1. The molecule has 3 nitrogen and oxygen atoms in total. The SMILES string of the molecule is Nc1ccccc1N=C(c1ccccc1)c1cc(Br)ccc1O. The molecule has 0 spiro atoms. The van der Waals surface area contributed by atoms with Crippen LogP contribution in [0.1, 0.15) is 11.1 Å². The molecule has 23 heavy (non-hydrogen) atoms. The van der Waals surface area contributed by atoms with E-state index in [1.165, 1.54) is 0 Å². The monoisotopic (exact) mass is 366 g/mol. The van der Waals surface area contributed by atoms with Crippen molar-refractivity contribution in [3.63, 3.8) is 0 Å². The Hall–Kier alpha value is -2.59. The van der Waals surface area contributed by atoms with Crippen LogP contribution in [0.15, 0.2) is 82.3 Å². The highest BCUT2D eigenvalue weighted by atomic mass is 79.9. The van der Waals surface area contributed by atoms with Crippen molar-refractivity contribution < 1.29 is 5.11 Å². The van der Waals surface area contributed by atoms with Gasteiger partial charge in [0, 0.05) is 15.6 Å². The van der Waals surface area contributed by atoms with Crippen molar-refractivity contribution in [2.24, 2.45) is 4.99 Å². The summed E-state index contributed by atoms with van der Waals surface area (Å²) in [7, 11) is 0. The fraction of sp³-hybridized carbons (Fsp3) is 0. The summed E-state index contributed by atoms with van der Waals surface area (Å²) in [4.78, 5) is 4.71. The van der Waals surface area contributed by atoms with Crippen molar-refractivity contribution in [2.45, 2.75) is 0 Å². The second-order valence-corrected chi connectivity index (χ2v) is 5.96. The van der Waals surface area contributed by atoms with Gasteiger partial charge in [0.15, 0.2) is 0 Å². The Balaban J connectivity index is 2.23. The van der Waals surface area contributed by atoms with Gasteiger partial charge in [0.2, 0.25) is 0 Å². The number of anilines is 1. The Morgan fingerprint density at radius 2 is 1.61 bits per heavy atom. The molecular formula is C19H15BrN2O. The second-order valence-electron chi connectivity index (χ2n) is 5.05. The van der Waals surface area contributed by atoms with Crippen LogP contribution in [-0.4, -0.2) is 10.8 Å². The highest BCUT2D eigenvalue weighted by molar-refractivity contribution is 9.10. The molecule has 0 unspecified atom stereocenters. The van der Waals surface area contributed by atoms with Crippen LogP contribution in [0, 0.1) is 0 Å². The number of halogens is 1. The number of nitrogen functional groups attached to an aromatic ring is 1. The van der Waals surface area contributed by atoms with Gasteiger partial charge < -0.3 is 10.8 Å². The summed E-state index contributed by atoms with van der Waals surface area (Å²) in [6, 6.07) is 22.4. The minimum atomic E-state index is 0.172. The minimum Gasteiger partial charge on any atom is -0.507 e. The molecule has 0 radical (unpaired) electrons. The first-order valence-corrected chi connectivity index (χ1v) is 7.92.